The lowest BCUT2D eigenvalue weighted by molar-refractivity contribution is 0.717. The quantitative estimate of drug-likeness (QED) is 0.893. The van der Waals surface area contributed by atoms with Gasteiger partial charge in [-0.15, -0.1) is 0 Å². The zero-order chi connectivity index (χ0) is 13.2. The van der Waals surface area contributed by atoms with Crippen molar-refractivity contribution in [2.24, 2.45) is 0 Å². The Hall–Kier alpha value is -2.10. The predicted molar refractivity (Wildman–Crippen MR) is 77.5 cm³/mol. The highest BCUT2D eigenvalue weighted by molar-refractivity contribution is 5.51. The Morgan fingerprint density at radius 1 is 1.16 bits per heavy atom. The van der Waals surface area contributed by atoms with Gasteiger partial charge in [0.05, 0.1) is 0 Å². The Morgan fingerprint density at radius 3 is 2.74 bits per heavy atom. The third kappa shape index (κ3) is 2.38. The number of anilines is 2. The SMILES string of the molecule is CNc1cc(N2CCc3ccccc3C2)nc(C)n1. The molecule has 0 unspecified atom stereocenters. The monoisotopic (exact) mass is 254 g/mol. The molecule has 2 heterocycles. The number of rotatable bonds is 2. The molecular weight excluding hydrogens is 236 g/mol. The number of fused-ring (bicyclic) bond motifs is 1. The molecule has 0 saturated carbocycles. The second-order valence-corrected chi connectivity index (χ2v) is 4.85. The highest BCUT2D eigenvalue weighted by atomic mass is 15.2. The summed E-state index contributed by atoms with van der Waals surface area (Å²) in [6.07, 6.45) is 1.08. The molecule has 0 saturated heterocycles. The lowest BCUT2D eigenvalue weighted by atomic mass is 10.00. The zero-order valence-corrected chi connectivity index (χ0v) is 11.3. The molecular formula is C15H18N4. The number of aryl methyl sites for hydroxylation is 1. The van der Waals surface area contributed by atoms with Crippen molar-refractivity contribution >= 4 is 11.6 Å². The molecule has 98 valence electrons. The minimum atomic E-state index is 0.806. The molecule has 3 rings (SSSR count). The van der Waals surface area contributed by atoms with E-state index in [-0.39, 0.29) is 0 Å². The van der Waals surface area contributed by atoms with E-state index < -0.39 is 0 Å². The minimum absolute atomic E-state index is 0.806. The van der Waals surface area contributed by atoms with Crippen molar-refractivity contribution in [3.8, 4) is 0 Å². The van der Waals surface area contributed by atoms with Crippen LogP contribution in [0.25, 0.3) is 0 Å². The van der Waals surface area contributed by atoms with E-state index in [9.17, 15) is 0 Å². The average molecular weight is 254 g/mol. The Bertz CT molecular complexity index is 594. The summed E-state index contributed by atoms with van der Waals surface area (Å²) in [7, 11) is 1.89. The number of benzene rings is 1. The molecule has 19 heavy (non-hydrogen) atoms. The maximum atomic E-state index is 4.55. The Labute approximate surface area is 113 Å². The maximum Gasteiger partial charge on any atom is 0.134 e. The number of hydrogen-bond donors (Lipinski definition) is 1. The number of nitrogens with one attached hydrogen (secondary N) is 1. The Kier molecular flexibility index (Phi) is 3.07. The third-order valence-corrected chi connectivity index (χ3v) is 3.54. The Balaban J connectivity index is 1.90. The van der Waals surface area contributed by atoms with Crippen LogP contribution in [0.3, 0.4) is 0 Å². The molecule has 1 aliphatic rings. The van der Waals surface area contributed by atoms with Crippen molar-refractivity contribution in [3.05, 3.63) is 47.3 Å². The maximum absolute atomic E-state index is 4.55. The zero-order valence-electron chi connectivity index (χ0n) is 11.3. The molecule has 2 aromatic rings. The van der Waals surface area contributed by atoms with E-state index in [0.717, 1.165) is 37.0 Å². The smallest absolute Gasteiger partial charge is 0.134 e. The number of aromatic nitrogens is 2. The van der Waals surface area contributed by atoms with E-state index in [4.69, 9.17) is 0 Å². The molecule has 0 radical (unpaired) electrons. The van der Waals surface area contributed by atoms with Crippen LogP contribution in [0.5, 0.6) is 0 Å². The average Bonchev–Trinajstić information content (AvgIpc) is 2.46. The fraction of sp³-hybridized carbons (Fsp3) is 0.333. The van der Waals surface area contributed by atoms with Crippen LogP contribution in [0.1, 0.15) is 17.0 Å². The summed E-state index contributed by atoms with van der Waals surface area (Å²) >= 11 is 0. The van der Waals surface area contributed by atoms with Gasteiger partial charge in [-0.05, 0) is 24.5 Å². The molecule has 1 aromatic heterocycles. The van der Waals surface area contributed by atoms with Crippen LogP contribution >= 0.6 is 0 Å². The molecule has 0 amide bonds. The van der Waals surface area contributed by atoms with Gasteiger partial charge in [-0.3, -0.25) is 0 Å². The van der Waals surface area contributed by atoms with E-state index in [2.05, 4.69) is 44.5 Å². The van der Waals surface area contributed by atoms with Gasteiger partial charge in [0.15, 0.2) is 0 Å². The van der Waals surface area contributed by atoms with Gasteiger partial charge in [0.2, 0.25) is 0 Å². The normalized spacial score (nSPS) is 14.1. The molecule has 0 aliphatic carbocycles. The highest BCUT2D eigenvalue weighted by Crippen LogP contribution is 2.24. The summed E-state index contributed by atoms with van der Waals surface area (Å²) in [5.41, 5.74) is 2.86. The largest absolute Gasteiger partial charge is 0.373 e. The minimum Gasteiger partial charge on any atom is -0.373 e. The van der Waals surface area contributed by atoms with Crippen LogP contribution in [-0.2, 0) is 13.0 Å². The molecule has 1 aromatic carbocycles. The van der Waals surface area contributed by atoms with Gasteiger partial charge in [0.25, 0.3) is 0 Å². The molecule has 4 nitrogen and oxygen atoms in total. The van der Waals surface area contributed by atoms with Crippen molar-refractivity contribution in [2.45, 2.75) is 19.9 Å². The van der Waals surface area contributed by atoms with E-state index in [1.807, 2.05) is 20.0 Å². The fourth-order valence-corrected chi connectivity index (χ4v) is 2.53. The number of hydrogen-bond acceptors (Lipinski definition) is 4. The molecule has 1 N–H and O–H groups in total. The van der Waals surface area contributed by atoms with Crippen molar-refractivity contribution in [1.82, 2.24) is 9.97 Å². The first-order valence-corrected chi connectivity index (χ1v) is 6.61. The third-order valence-electron chi connectivity index (χ3n) is 3.54. The molecule has 0 bridgehead atoms. The van der Waals surface area contributed by atoms with Gasteiger partial charge >= 0.3 is 0 Å². The molecule has 0 spiro atoms. The van der Waals surface area contributed by atoms with Gasteiger partial charge in [-0.2, -0.15) is 0 Å². The molecule has 4 heteroatoms. The summed E-state index contributed by atoms with van der Waals surface area (Å²) < 4.78 is 0. The van der Waals surface area contributed by atoms with Crippen molar-refractivity contribution in [1.29, 1.82) is 0 Å². The first kappa shape index (κ1) is 12.0. The Morgan fingerprint density at radius 2 is 1.95 bits per heavy atom. The van der Waals surface area contributed by atoms with Crippen LogP contribution in [-0.4, -0.2) is 23.6 Å². The van der Waals surface area contributed by atoms with Crippen molar-refractivity contribution < 1.29 is 0 Å². The van der Waals surface area contributed by atoms with Crippen LogP contribution in [0.2, 0.25) is 0 Å². The van der Waals surface area contributed by atoms with Gasteiger partial charge in [-0.1, -0.05) is 24.3 Å². The predicted octanol–water partition coefficient (Wildman–Crippen LogP) is 2.39. The highest BCUT2D eigenvalue weighted by Gasteiger charge is 2.17. The van der Waals surface area contributed by atoms with Crippen molar-refractivity contribution in [2.75, 3.05) is 23.8 Å². The summed E-state index contributed by atoms with van der Waals surface area (Å²) in [6, 6.07) is 10.7. The van der Waals surface area contributed by atoms with Gasteiger partial charge < -0.3 is 10.2 Å². The van der Waals surface area contributed by atoms with Crippen molar-refractivity contribution in [3.63, 3.8) is 0 Å². The van der Waals surface area contributed by atoms with Crippen LogP contribution in [0.4, 0.5) is 11.6 Å². The lowest BCUT2D eigenvalue weighted by Gasteiger charge is -2.30. The summed E-state index contributed by atoms with van der Waals surface area (Å²) in [5.74, 6) is 2.69. The van der Waals surface area contributed by atoms with Gasteiger partial charge in [-0.25, -0.2) is 9.97 Å². The summed E-state index contributed by atoms with van der Waals surface area (Å²) in [6.45, 7) is 3.87. The second kappa shape index (κ2) is 4.88. The van der Waals surface area contributed by atoms with Crippen LogP contribution in [0.15, 0.2) is 30.3 Å². The van der Waals surface area contributed by atoms with E-state index in [1.165, 1.54) is 11.1 Å². The molecule has 0 atom stereocenters. The second-order valence-electron chi connectivity index (χ2n) is 4.85. The summed E-state index contributed by atoms with van der Waals surface area (Å²) in [5, 5.41) is 3.09. The standard InChI is InChI=1S/C15H18N4/c1-11-17-14(16-2)9-15(18-11)19-8-7-12-5-3-4-6-13(12)10-19/h3-6,9H,7-8,10H2,1-2H3,(H,16,17,18). The van der Waals surface area contributed by atoms with Gasteiger partial charge in [0.1, 0.15) is 17.5 Å². The fourth-order valence-electron chi connectivity index (χ4n) is 2.53. The molecule has 1 aliphatic heterocycles. The topological polar surface area (TPSA) is 41.0 Å². The first-order chi connectivity index (χ1) is 9.26. The van der Waals surface area contributed by atoms with E-state index in [1.54, 1.807) is 0 Å². The first-order valence-electron chi connectivity index (χ1n) is 6.61. The van der Waals surface area contributed by atoms with Crippen LogP contribution < -0.4 is 10.2 Å². The van der Waals surface area contributed by atoms with Gasteiger partial charge in [0, 0.05) is 26.2 Å². The van der Waals surface area contributed by atoms with Crippen LogP contribution in [0, 0.1) is 6.92 Å². The molecule has 0 fully saturated rings. The summed E-state index contributed by atoms with van der Waals surface area (Å²) in [4.78, 5) is 11.2. The number of nitrogens with zero attached hydrogens (tertiary/aromatic N) is 3. The van der Waals surface area contributed by atoms with E-state index in [0.29, 0.717) is 0 Å². The lowest BCUT2D eigenvalue weighted by Crippen LogP contribution is -2.31. The van der Waals surface area contributed by atoms with E-state index >= 15 is 0 Å².